The maximum Gasteiger partial charge on any atom is 0.331 e. The molecule has 0 saturated carbocycles. The lowest BCUT2D eigenvalue weighted by Gasteiger charge is -2.35. The number of aryl methyl sites for hydroxylation is 1. The number of morpholine rings is 1. The predicted octanol–water partition coefficient (Wildman–Crippen LogP) is 2.84. The van der Waals surface area contributed by atoms with Crippen molar-refractivity contribution in [1.82, 2.24) is 4.90 Å². The van der Waals surface area contributed by atoms with Crippen molar-refractivity contribution >= 4 is 29.6 Å². The van der Waals surface area contributed by atoms with Crippen molar-refractivity contribution in [2.24, 2.45) is 0 Å². The van der Waals surface area contributed by atoms with Gasteiger partial charge in [0.1, 0.15) is 0 Å². The molecule has 0 N–H and O–H groups in total. The van der Waals surface area contributed by atoms with E-state index < -0.39 is 5.97 Å². The van der Waals surface area contributed by atoms with Gasteiger partial charge in [-0.05, 0) is 44.0 Å². The first-order chi connectivity index (χ1) is 11.3. The molecule has 1 aromatic carbocycles. The Morgan fingerprint density at radius 3 is 2.62 bits per heavy atom. The Morgan fingerprint density at radius 2 is 2.00 bits per heavy atom. The lowest BCUT2D eigenvalue weighted by atomic mass is 10.1. The van der Waals surface area contributed by atoms with Crippen LogP contribution >= 0.6 is 11.6 Å². The van der Waals surface area contributed by atoms with Crippen molar-refractivity contribution in [3.05, 3.63) is 40.4 Å². The Balaban J connectivity index is 1.83. The number of carbonyl (C=O) groups excluding carboxylic acids is 2. The zero-order valence-electron chi connectivity index (χ0n) is 14.1. The molecule has 0 spiro atoms. The predicted molar refractivity (Wildman–Crippen MR) is 92.8 cm³/mol. The zero-order valence-corrected chi connectivity index (χ0v) is 14.9. The van der Waals surface area contributed by atoms with E-state index in [2.05, 4.69) is 0 Å². The van der Waals surface area contributed by atoms with Gasteiger partial charge in [0.25, 0.3) is 5.91 Å². The summed E-state index contributed by atoms with van der Waals surface area (Å²) in [6.45, 7) is 6.49. The Labute approximate surface area is 147 Å². The molecule has 1 fully saturated rings. The molecular formula is C18H22ClNO4. The van der Waals surface area contributed by atoms with Crippen LogP contribution in [0.4, 0.5) is 0 Å². The van der Waals surface area contributed by atoms with Crippen molar-refractivity contribution in [2.45, 2.75) is 33.0 Å². The molecule has 0 unspecified atom stereocenters. The fourth-order valence-corrected chi connectivity index (χ4v) is 2.72. The van der Waals surface area contributed by atoms with Gasteiger partial charge in [-0.25, -0.2) is 4.79 Å². The molecule has 6 heteroatoms. The fourth-order valence-electron chi connectivity index (χ4n) is 2.53. The molecule has 2 atom stereocenters. The molecule has 1 amide bonds. The van der Waals surface area contributed by atoms with Gasteiger partial charge >= 0.3 is 5.97 Å². The van der Waals surface area contributed by atoms with Crippen LogP contribution in [0.5, 0.6) is 0 Å². The van der Waals surface area contributed by atoms with Gasteiger partial charge in [0.05, 0.1) is 12.2 Å². The molecule has 1 aliphatic heterocycles. The third-order valence-electron chi connectivity index (χ3n) is 3.72. The second kappa shape index (κ2) is 8.31. The van der Waals surface area contributed by atoms with Gasteiger partial charge in [-0.2, -0.15) is 0 Å². The molecular weight excluding hydrogens is 330 g/mol. The monoisotopic (exact) mass is 351 g/mol. The van der Waals surface area contributed by atoms with Crippen LogP contribution in [0.1, 0.15) is 25.0 Å². The Morgan fingerprint density at radius 1 is 1.33 bits per heavy atom. The minimum Gasteiger partial charge on any atom is -0.452 e. The number of halogens is 1. The molecule has 1 heterocycles. The van der Waals surface area contributed by atoms with Crippen molar-refractivity contribution < 1.29 is 19.1 Å². The maximum atomic E-state index is 12.1. The summed E-state index contributed by atoms with van der Waals surface area (Å²) in [5.41, 5.74) is 1.76. The SMILES string of the molecule is Cc1ccc(/C=C/C(=O)OCC(=O)N2C[C@H](C)O[C@@H](C)C2)cc1Cl. The molecule has 1 aromatic rings. The summed E-state index contributed by atoms with van der Waals surface area (Å²) < 4.78 is 10.6. The number of amides is 1. The van der Waals surface area contributed by atoms with Crippen LogP contribution in [0.15, 0.2) is 24.3 Å². The maximum absolute atomic E-state index is 12.1. The lowest BCUT2D eigenvalue weighted by Crippen LogP contribution is -2.49. The molecule has 2 rings (SSSR count). The van der Waals surface area contributed by atoms with E-state index in [0.717, 1.165) is 11.1 Å². The molecule has 1 aliphatic rings. The van der Waals surface area contributed by atoms with Gasteiger partial charge in [0.15, 0.2) is 6.61 Å². The third kappa shape index (κ3) is 5.35. The van der Waals surface area contributed by atoms with Gasteiger partial charge in [-0.1, -0.05) is 23.7 Å². The van der Waals surface area contributed by atoms with E-state index in [0.29, 0.717) is 18.1 Å². The molecule has 0 radical (unpaired) electrons. The van der Waals surface area contributed by atoms with E-state index in [1.165, 1.54) is 6.08 Å². The lowest BCUT2D eigenvalue weighted by molar-refractivity contribution is -0.154. The second-order valence-corrected chi connectivity index (χ2v) is 6.41. The highest BCUT2D eigenvalue weighted by atomic mass is 35.5. The van der Waals surface area contributed by atoms with Crippen LogP contribution < -0.4 is 0 Å². The van der Waals surface area contributed by atoms with Crippen molar-refractivity contribution in [2.75, 3.05) is 19.7 Å². The van der Waals surface area contributed by atoms with Gasteiger partial charge in [0.2, 0.25) is 0 Å². The Kier molecular flexibility index (Phi) is 6.40. The number of benzene rings is 1. The van der Waals surface area contributed by atoms with Crippen LogP contribution in [-0.2, 0) is 19.1 Å². The van der Waals surface area contributed by atoms with Crippen LogP contribution in [0.25, 0.3) is 6.08 Å². The Hall–Kier alpha value is -1.85. The van der Waals surface area contributed by atoms with Gasteiger partial charge in [0, 0.05) is 24.2 Å². The summed E-state index contributed by atoms with van der Waals surface area (Å²) in [6, 6.07) is 5.49. The van der Waals surface area contributed by atoms with Crippen LogP contribution in [0.2, 0.25) is 5.02 Å². The second-order valence-electron chi connectivity index (χ2n) is 6.01. The largest absolute Gasteiger partial charge is 0.452 e. The number of esters is 1. The summed E-state index contributed by atoms with van der Waals surface area (Å²) in [7, 11) is 0. The summed E-state index contributed by atoms with van der Waals surface area (Å²) in [5.74, 6) is -0.772. The van der Waals surface area contributed by atoms with Crippen LogP contribution in [-0.4, -0.2) is 48.7 Å². The molecule has 0 aromatic heterocycles. The minimum absolute atomic E-state index is 0.0143. The third-order valence-corrected chi connectivity index (χ3v) is 4.13. The normalized spacial score (nSPS) is 21.1. The molecule has 1 saturated heterocycles. The highest BCUT2D eigenvalue weighted by Crippen LogP contribution is 2.17. The molecule has 0 aliphatic carbocycles. The summed E-state index contributed by atoms with van der Waals surface area (Å²) in [5, 5.41) is 0.635. The minimum atomic E-state index is -0.561. The van der Waals surface area contributed by atoms with Crippen molar-refractivity contribution in [3.8, 4) is 0 Å². The first kappa shape index (κ1) is 18.5. The van der Waals surface area contributed by atoms with Crippen LogP contribution in [0, 0.1) is 6.92 Å². The number of hydrogen-bond donors (Lipinski definition) is 0. The van der Waals surface area contributed by atoms with E-state index >= 15 is 0 Å². The zero-order chi connectivity index (χ0) is 17.7. The van der Waals surface area contributed by atoms with Crippen molar-refractivity contribution in [3.63, 3.8) is 0 Å². The molecule has 24 heavy (non-hydrogen) atoms. The number of rotatable bonds is 4. The standard InChI is InChI=1S/C18H22ClNO4/c1-12-4-5-15(8-16(12)19)6-7-18(22)23-11-17(21)20-9-13(2)24-14(3)10-20/h4-8,13-14H,9-11H2,1-3H3/b7-6+/t13-,14-/m0/s1. The molecule has 0 bridgehead atoms. The average Bonchev–Trinajstić information content (AvgIpc) is 2.52. The number of nitrogens with zero attached hydrogens (tertiary/aromatic N) is 1. The van der Waals surface area contributed by atoms with E-state index in [1.807, 2.05) is 32.9 Å². The quantitative estimate of drug-likeness (QED) is 0.618. The molecule has 5 nitrogen and oxygen atoms in total. The van der Waals surface area contributed by atoms with E-state index in [9.17, 15) is 9.59 Å². The van der Waals surface area contributed by atoms with E-state index in [4.69, 9.17) is 21.1 Å². The number of ether oxygens (including phenoxy) is 2. The van der Waals surface area contributed by atoms with E-state index in [1.54, 1.807) is 17.0 Å². The average molecular weight is 352 g/mol. The first-order valence-corrected chi connectivity index (χ1v) is 8.27. The smallest absolute Gasteiger partial charge is 0.331 e. The van der Waals surface area contributed by atoms with Crippen LogP contribution in [0.3, 0.4) is 0 Å². The van der Waals surface area contributed by atoms with Gasteiger partial charge in [-0.15, -0.1) is 0 Å². The number of carbonyl (C=O) groups is 2. The number of hydrogen-bond acceptors (Lipinski definition) is 4. The summed E-state index contributed by atoms with van der Waals surface area (Å²) >= 11 is 6.03. The van der Waals surface area contributed by atoms with Gasteiger partial charge < -0.3 is 14.4 Å². The fraction of sp³-hybridized carbons (Fsp3) is 0.444. The Bertz CT molecular complexity index is 634. The topological polar surface area (TPSA) is 55.8 Å². The highest BCUT2D eigenvalue weighted by molar-refractivity contribution is 6.31. The summed E-state index contributed by atoms with van der Waals surface area (Å²) in [4.78, 5) is 25.5. The van der Waals surface area contributed by atoms with Gasteiger partial charge in [-0.3, -0.25) is 4.79 Å². The first-order valence-electron chi connectivity index (χ1n) is 7.89. The van der Waals surface area contributed by atoms with E-state index in [-0.39, 0.29) is 24.7 Å². The highest BCUT2D eigenvalue weighted by Gasteiger charge is 2.26. The summed E-state index contributed by atoms with van der Waals surface area (Å²) in [6.07, 6.45) is 2.87. The van der Waals surface area contributed by atoms with Crippen molar-refractivity contribution in [1.29, 1.82) is 0 Å². The molecule has 130 valence electrons.